The Hall–Kier alpha value is -0.820. The molecule has 130 valence electrons. The molecule has 1 fully saturated rings. The topological polar surface area (TPSA) is 73.8 Å². The van der Waals surface area contributed by atoms with E-state index < -0.39 is 15.6 Å². The summed E-state index contributed by atoms with van der Waals surface area (Å²) in [5.74, 6) is 2.17. The van der Waals surface area contributed by atoms with E-state index in [9.17, 15) is 8.42 Å². The van der Waals surface area contributed by atoms with E-state index in [1.54, 1.807) is 0 Å². The second-order valence-corrected chi connectivity index (χ2v) is 9.03. The third-order valence-corrected chi connectivity index (χ3v) is 4.51. The largest absolute Gasteiger partial charge is 0.357 e. The lowest BCUT2D eigenvalue weighted by Crippen LogP contribution is -2.50. The molecule has 0 aromatic carbocycles. The predicted molar refractivity (Wildman–Crippen MR) is 92.6 cm³/mol. The van der Waals surface area contributed by atoms with Crippen molar-refractivity contribution < 1.29 is 8.42 Å². The lowest BCUT2D eigenvalue weighted by atomic mass is 9.92. The van der Waals surface area contributed by atoms with E-state index in [0.717, 1.165) is 25.6 Å². The van der Waals surface area contributed by atoms with Crippen LogP contribution in [0.1, 0.15) is 41.0 Å². The van der Waals surface area contributed by atoms with Crippen molar-refractivity contribution in [1.29, 1.82) is 0 Å². The highest BCUT2D eigenvalue weighted by Crippen LogP contribution is 2.21. The average molecular weight is 333 g/mol. The van der Waals surface area contributed by atoms with E-state index in [2.05, 4.69) is 33.8 Å². The highest BCUT2D eigenvalue weighted by atomic mass is 32.2. The van der Waals surface area contributed by atoms with Crippen LogP contribution in [0.15, 0.2) is 4.99 Å². The van der Waals surface area contributed by atoms with Crippen molar-refractivity contribution in [3.63, 3.8) is 0 Å². The molecule has 0 spiro atoms. The Morgan fingerprint density at radius 3 is 2.27 bits per heavy atom. The third kappa shape index (κ3) is 6.96. The maximum Gasteiger partial charge on any atom is 0.209 e. The quantitative estimate of drug-likeness (QED) is 0.587. The molecule has 22 heavy (non-hydrogen) atoms. The zero-order chi connectivity index (χ0) is 17.0. The van der Waals surface area contributed by atoms with Crippen molar-refractivity contribution in [3.05, 3.63) is 0 Å². The summed E-state index contributed by atoms with van der Waals surface area (Å²) in [7, 11) is -3.24. The molecule has 0 aromatic heterocycles. The fourth-order valence-electron chi connectivity index (χ4n) is 3.07. The summed E-state index contributed by atoms with van der Waals surface area (Å²) in [6.45, 7) is 13.5. The monoisotopic (exact) mass is 332 g/mol. The summed E-state index contributed by atoms with van der Waals surface area (Å²) >= 11 is 0. The van der Waals surface area contributed by atoms with E-state index in [1.165, 1.54) is 12.7 Å². The van der Waals surface area contributed by atoms with Gasteiger partial charge in [0.25, 0.3) is 0 Å². The number of piperidine rings is 1. The molecule has 1 rings (SSSR count). The molecule has 0 aromatic rings. The zero-order valence-electron chi connectivity index (χ0n) is 14.8. The first-order valence-corrected chi connectivity index (χ1v) is 9.93. The second-order valence-electron chi connectivity index (χ2n) is 7.28. The van der Waals surface area contributed by atoms with Gasteiger partial charge in [-0.3, -0.25) is 4.99 Å². The van der Waals surface area contributed by atoms with Crippen molar-refractivity contribution in [3.8, 4) is 0 Å². The van der Waals surface area contributed by atoms with Crippen LogP contribution in [0.5, 0.6) is 0 Å². The molecule has 1 aliphatic heterocycles. The first-order valence-electron chi connectivity index (χ1n) is 8.04. The number of hydrogen-bond acceptors (Lipinski definition) is 3. The highest BCUT2D eigenvalue weighted by molar-refractivity contribution is 7.88. The summed E-state index contributed by atoms with van der Waals surface area (Å²) in [5.41, 5.74) is -0.596. The Labute approximate surface area is 135 Å². The van der Waals surface area contributed by atoms with Gasteiger partial charge in [-0.05, 0) is 39.0 Å². The number of guanidine groups is 1. The summed E-state index contributed by atoms with van der Waals surface area (Å²) in [6, 6.07) is 0. The molecular formula is C15H32N4O2S. The standard InChI is InChI=1S/C15H32N4O2S/c1-7-16-14(19-9-12(2)8-13(3)10-19)17-11-15(4,5)18-22(6,20)21/h12-13,18H,7-11H2,1-6H3,(H,16,17). The van der Waals surface area contributed by atoms with Gasteiger partial charge in [-0.25, -0.2) is 13.1 Å². The molecule has 2 atom stereocenters. The number of likely N-dealkylation sites (tertiary alicyclic amines) is 1. The van der Waals surface area contributed by atoms with Gasteiger partial charge < -0.3 is 10.2 Å². The van der Waals surface area contributed by atoms with Crippen LogP contribution < -0.4 is 10.0 Å². The van der Waals surface area contributed by atoms with E-state index in [4.69, 9.17) is 0 Å². The molecule has 0 amide bonds. The lowest BCUT2D eigenvalue weighted by molar-refractivity contribution is 0.208. The third-order valence-electron chi connectivity index (χ3n) is 3.59. The SMILES string of the molecule is CCNC(=NCC(C)(C)NS(C)(=O)=O)N1CC(C)CC(C)C1. The van der Waals surface area contributed by atoms with Crippen LogP contribution in [0.4, 0.5) is 0 Å². The van der Waals surface area contributed by atoms with E-state index in [1.807, 2.05) is 20.8 Å². The minimum Gasteiger partial charge on any atom is -0.357 e. The van der Waals surface area contributed by atoms with Crippen molar-refractivity contribution in [2.75, 3.05) is 32.4 Å². The van der Waals surface area contributed by atoms with Crippen LogP contribution in [0.3, 0.4) is 0 Å². The number of sulfonamides is 1. The van der Waals surface area contributed by atoms with Crippen molar-refractivity contribution in [1.82, 2.24) is 14.9 Å². The van der Waals surface area contributed by atoms with Crippen molar-refractivity contribution >= 4 is 16.0 Å². The van der Waals surface area contributed by atoms with Gasteiger partial charge in [0.15, 0.2) is 5.96 Å². The number of nitrogens with one attached hydrogen (secondary N) is 2. The minimum atomic E-state index is -3.24. The molecule has 2 unspecified atom stereocenters. The average Bonchev–Trinajstić information content (AvgIpc) is 2.30. The fourth-order valence-corrected chi connectivity index (χ4v) is 4.14. The van der Waals surface area contributed by atoms with Gasteiger partial charge in [0.1, 0.15) is 0 Å². The Morgan fingerprint density at radius 1 is 1.27 bits per heavy atom. The van der Waals surface area contributed by atoms with Crippen molar-refractivity contribution in [2.24, 2.45) is 16.8 Å². The first-order chi connectivity index (χ1) is 10.0. The molecule has 1 aliphatic rings. The van der Waals surface area contributed by atoms with Gasteiger partial charge in [-0.1, -0.05) is 13.8 Å². The molecule has 6 nitrogen and oxygen atoms in total. The molecule has 0 radical (unpaired) electrons. The van der Waals surface area contributed by atoms with Gasteiger partial charge in [-0.15, -0.1) is 0 Å². The highest BCUT2D eigenvalue weighted by Gasteiger charge is 2.26. The summed E-state index contributed by atoms with van der Waals surface area (Å²) < 4.78 is 25.5. The summed E-state index contributed by atoms with van der Waals surface area (Å²) in [4.78, 5) is 6.96. The van der Waals surface area contributed by atoms with Crippen LogP contribution in [-0.2, 0) is 10.0 Å². The molecule has 2 N–H and O–H groups in total. The number of rotatable bonds is 5. The molecular weight excluding hydrogens is 300 g/mol. The Bertz CT molecular complexity index is 478. The molecule has 0 aliphatic carbocycles. The maximum absolute atomic E-state index is 11.4. The Balaban J connectivity index is 2.81. The Kier molecular flexibility index (Phi) is 6.67. The predicted octanol–water partition coefficient (Wildman–Crippen LogP) is 1.26. The van der Waals surface area contributed by atoms with E-state index in [-0.39, 0.29) is 0 Å². The number of aliphatic imine (C=N–C) groups is 1. The number of nitrogens with zero attached hydrogens (tertiary/aromatic N) is 2. The van der Waals surface area contributed by atoms with Crippen LogP contribution in [0, 0.1) is 11.8 Å². The van der Waals surface area contributed by atoms with Gasteiger partial charge >= 0.3 is 0 Å². The minimum absolute atomic E-state index is 0.404. The maximum atomic E-state index is 11.4. The van der Waals surface area contributed by atoms with Gasteiger partial charge in [0, 0.05) is 25.2 Å². The van der Waals surface area contributed by atoms with Gasteiger partial charge in [0.2, 0.25) is 10.0 Å². The second kappa shape index (κ2) is 7.64. The fraction of sp³-hybridized carbons (Fsp3) is 0.933. The van der Waals surface area contributed by atoms with Crippen molar-refractivity contribution in [2.45, 2.75) is 46.6 Å². The van der Waals surface area contributed by atoms with Crippen LogP contribution >= 0.6 is 0 Å². The van der Waals surface area contributed by atoms with Crippen LogP contribution in [0.2, 0.25) is 0 Å². The molecule has 0 bridgehead atoms. The summed E-state index contributed by atoms with van der Waals surface area (Å²) in [5, 5.41) is 3.33. The molecule has 0 saturated carbocycles. The first kappa shape index (κ1) is 19.2. The summed E-state index contributed by atoms with van der Waals surface area (Å²) in [6.07, 6.45) is 2.43. The van der Waals surface area contributed by atoms with E-state index in [0.29, 0.717) is 18.4 Å². The lowest BCUT2D eigenvalue weighted by Gasteiger charge is -2.37. The van der Waals surface area contributed by atoms with Crippen LogP contribution in [0.25, 0.3) is 0 Å². The molecule has 7 heteroatoms. The Morgan fingerprint density at radius 2 is 1.82 bits per heavy atom. The van der Waals surface area contributed by atoms with Crippen LogP contribution in [-0.4, -0.2) is 57.3 Å². The smallest absolute Gasteiger partial charge is 0.209 e. The van der Waals surface area contributed by atoms with E-state index >= 15 is 0 Å². The molecule has 1 heterocycles. The normalized spacial score (nSPS) is 24.5. The van der Waals surface area contributed by atoms with Gasteiger partial charge in [-0.2, -0.15) is 0 Å². The number of hydrogen-bond donors (Lipinski definition) is 2. The van der Waals surface area contributed by atoms with Gasteiger partial charge in [0.05, 0.1) is 12.8 Å². The zero-order valence-corrected chi connectivity index (χ0v) is 15.6. The molecule has 1 saturated heterocycles.